The number of nitrogens with one attached hydrogen (secondary N) is 1. The fraction of sp³-hybridized carbons (Fsp3) is 0.567. The van der Waals surface area contributed by atoms with Crippen LogP contribution in [0.2, 0.25) is 0 Å². The van der Waals surface area contributed by atoms with E-state index >= 15 is 0 Å². The maximum absolute atomic E-state index is 13.6. The number of piperidine rings is 1. The van der Waals surface area contributed by atoms with Crippen molar-refractivity contribution in [3.63, 3.8) is 0 Å². The number of amides is 3. The van der Waals surface area contributed by atoms with Gasteiger partial charge in [0.2, 0.25) is 5.95 Å². The second kappa shape index (κ2) is 11.4. The van der Waals surface area contributed by atoms with Crippen LogP contribution in [-0.2, 0) is 0 Å². The molecule has 1 aromatic heterocycles. The number of aromatic nitrogens is 1. The van der Waals surface area contributed by atoms with E-state index in [9.17, 15) is 14.0 Å². The van der Waals surface area contributed by atoms with Crippen molar-refractivity contribution in [1.82, 2.24) is 25.0 Å². The number of urea groups is 1. The van der Waals surface area contributed by atoms with Crippen LogP contribution in [0.4, 0.5) is 9.18 Å². The second-order valence-electron chi connectivity index (χ2n) is 11.2. The summed E-state index contributed by atoms with van der Waals surface area (Å²) in [6.45, 7) is 8.83. The molecule has 3 fully saturated rings. The standard InChI is InChI=1S/C30H40FN5O2/c1-20-18-27(31)33-22(3)28(20)29(37)32-15-12-21(2)34-16-13-25(14-17-34)36-26(23-8-5-4-6-9-23)19-35(30(36)38)24-10-7-11-24/h4-6,8-9,18,21,24-26H,7,10-17,19H2,1-3H3,(H,32,37). The van der Waals surface area contributed by atoms with Gasteiger partial charge in [0.25, 0.3) is 5.91 Å². The number of halogens is 1. The van der Waals surface area contributed by atoms with Crippen molar-refractivity contribution in [3.8, 4) is 0 Å². The number of benzene rings is 1. The first kappa shape index (κ1) is 26.6. The molecule has 7 nitrogen and oxygen atoms in total. The number of rotatable bonds is 8. The highest BCUT2D eigenvalue weighted by atomic mass is 19.1. The molecule has 5 rings (SSSR count). The third-order valence-corrected chi connectivity index (χ3v) is 8.83. The molecule has 3 amide bonds. The first-order valence-electron chi connectivity index (χ1n) is 14.1. The first-order chi connectivity index (χ1) is 18.3. The van der Waals surface area contributed by atoms with Gasteiger partial charge in [0.05, 0.1) is 17.3 Å². The zero-order valence-corrected chi connectivity index (χ0v) is 22.8. The Balaban J connectivity index is 1.15. The maximum Gasteiger partial charge on any atom is 0.321 e. The van der Waals surface area contributed by atoms with Crippen LogP contribution in [0.15, 0.2) is 36.4 Å². The molecule has 3 heterocycles. The van der Waals surface area contributed by atoms with Crippen molar-refractivity contribution >= 4 is 11.9 Å². The van der Waals surface area contributed by atoms with Crippen molar-refractivity contribution in [2.24, 2.45) is 0 Å². The Morgan fingerprint density at radius 3 is 2.45 bits per heavy atom. The molecule has 2 aromatic rings. The number of carbonyl (C=O) groups is 2. The minimum absolute atomic E-state index is 0.126. The fourth-order valence-electron chi connectivity index (χ4n) is 6.39. The lowest BCUT2D eigenvalue weighted by molar-refractivity contribution is 0.0871. The third kappa shape index (κ3) is 5.41. The number of hydrogen-bond donors (Lipinski definition) is 1. The Morgan fingerprint density at radius 2 is 1.82 bits per heavy atom. The number of nitrogens with zero attached hydrogens (tertiary/aromatic N) is 4. The van der Waals surface area contributed by atoms with E-state index in [0.29, 0.717) is 35.4 Å². The second-order valence-corrected chi connectivity index (χ2v) is 11.2. The summed E-state index contributed by atoms with van der Waals surface area (Å²) < 4.78 is 13.5. The molecule has 1 saturated carbocycles. The summed E-state index contributed by atoms with van der Waals surface area (Å²) in [5.41, 5.74) is 2.70. The minimum Gasteiger partial charge on any atom is -0.352 e. The largest absolute Gasteiger partial charge is 0.352 e. The van der Waals surface area contributed by atoms with Gasteiger partial charge in [-0.25, -0.2) is 9.78 Å². The predicted octanol–water partition coefficient (Wildman–Crippen LogP) is 4.84. The molecule has 0 spiro atoms. The smallest absolute Gasteiger partial charge is 0.321 e. The van der Waals surface area contributed by atoms with Crippen molar-refractivity contribution in [2.45, 2.75) is 83.5 Å². The first-order valence-corrected chi connectivity index (χ1v) is 14.1. The van der Waals surface area contributed by atoms with Gasteiger partial charge < -0.3 is 20.0 Å². The molecule has 38 heavy (non-hydrogen) atoms. The summed E-state index contributed by atoms with van der Waals surface area (Å²) >= 11 is 0. The molecular formula is C30H40FN5O2. The predicted molar refractivity (Wildman–Crippen MR) is 145 cm³/mol. The normalized spacial score (nSPS) is 22.0. The lowest BCUT2D eigenvalue weighted by atomic mass is 9.91. The molecule has 0 bridgehead atoms. The van der Waals surface area contributed by atoms with Crippen LogP contribution in [0.3, 0.4) is 0 Å². The number of carbonyl (C=O) groups excluding carboxylic acids is 2. The summed E-state index contributed by atoms with van der Waals surface area (Å²) in [4.78, 5) is 36.9. The van der Waals surface area contributed by atoms with Crippen molar-refractivity contribution in [2.75, 3.05) is 26.2 Å². The average molecular weight is 522 g/mol. The quantitative estimate of drug-likeness (QED) is 0.505. The van der Waals surface area contributed by atoms with Crippen LogP contribution in [0.5, 0.6) is 0 Å². The maximum atomic E-state index is 13.6. The van der Waals surface area contributed by atoms with Crippen LogP contribution < -0.4 is 5.32 Å². The molecule has 1 N–H and O–H groups in total. The van der Waals surface area contributed by atoms with Gasteiger partial charge in [-0.15, -0.1) is 0 Å². The Labute approximate surface area is 225 Å². The van der Waals surface area contributed by atoms with Gasteiger partial charge in [-0.3, -0.25) is 4.79 Å². The molecule has 2 atom stereocenters. The van der Waals surface area contributed by atoms with E-state index in [1.54, 1.807) is 13.8 Å². The van der Waals surface area contributed by atoms with E-state index in [1.807, 2.05) is 6.07 Å². The van der Waals surface area contributed by atoms with Crippen molar-refractivity contribution in [1.29, 1.82) is 0 Å². The van der Waals surface area contributed by atoms with E-state index in [2.05, 4.69) is 56.2 Å². The van der Waals surface area contributed by atoms with E-state index in [0.717, 1.165) is 51.7 Å². The van der Waals surface area contributed by atoms with Gasteiger partial charge in [0, 0.05) is 44.3 Å². The molecule has 204 valence electrons. The SMILES string of the molecule is Cc1cc(F)nc(C)c1C(=O)NCCC(C)N1CCC(N2C(=O)N(C3CCC3)CC2c2ccccc2)CC1. The van der Waals surface area contributed by atoms with Gasteiger partial charge in [0.15, 0.2) is 0 Å². The Morgan fingerprint density at radius 1 is 1.11 bits per heavy atom. The van der Waals surface area contributed by atoms with Gasteiger partial charge in [-0.05, 0) is 76.5 Å². The van der Waals surface area contributed by atoms with Crippen LogP contribution in [0.25, 0.3) is 0 Å². The zero-order chi connectivity index (χ0) is 26.8. The zero-order valence-electron chi connectivity index (χ0n) is 22.8. The van der Waals surface area contributed by atoms with Crippen LogP contribution in [-0.4, -0.2) is 75.9 Å². The summed E-state index contributed by atoms with van der Waals surface area (Å²) in [5.74, 6) is -0.760. The number of pyridine rings is 1. The summed E-state index contributed by atoms with van der Waals surface area (Å²) in [5, 5.41) is 2.99. The highest BCUT2D eigenvalue weighted by Crippen LogP contribution is 2.39. The van der Waals surface area contributed by atoms with E-state index in [4.69, 9.17) is 0 Å². The van der Waals surface area contributed by atoms with Gasteiger partial charge in [-0.1, -0.05) is 30.3 Å². The fourth-order valence-corrected chi connectivity index (χ4v) is 6.39. The molecule has 1 aliphatic carbocycles. The lowest BCUT2D eigenvalue weighted by Gasteiger charge is -2.41. The van der Waals surface area contributed by atoms with Crippen LogP contribution in [0.1, 0.15) is 78.7 Å². The van der Waals surface area contributed by atoms with Gasteiger partial charge >= 0.3 is 6.03 Å². The highest BCUT2D eigenvalue weighted by Gasteiger charge is 2.46. The Bertz CT molecular complexity index is 1120. The third-order valence-electron chi connectivity index (χ3n) is 8.83. The molecule has 1 aromatic carbocycles. The molecule has 0 radical (unpaired) electrons. The van der Waals surface area contributed by atoms with Crippen LogP contribution >= 0.6 is 0 Å². The van der Waals surface area contributed by atoms with E-state index in [-0.39, 0.29) is 24.0 Å². The van der Waals surface area contributed by atoms with Crippen molar-refractivity contribution < 1.29 is 14.0 Å². The molecule has 2 unspecified atom stereocenters. The highest BCUT2D eigenvalue weighted by molar-refractivity contribution is 5.96. The summed E-state index contributed by atoms with van der Waals surface area (Å²) in [6, 6.07) is 13.1. The summed E-state index contributed by atoms with van der Waals surface area (Å²) in [7, 11) is 0. The molecule has 2 aliphatic heterocycles. The lowest BCUT2D eigenvalue weighted by Crippen LogP contribution is -2.50. The Kier molecular flexibility index (Phi) is 7.98. The molecule has 8 heteroatoms. The van der Waals surface area contributed by atoms with Gasteiger partial charge in [-0.2, -0.15) is 4.39 Å². The number of likely N-dealkylation sites (tertiary alicyclic amines) is 1. The van der Waals surface area contributed by atoms with Gasteiger partial charge in [0.1, 0.15) is 0 Å². The van der Waals surface area contributed by atoms with Crippen molar-refractivity contribution in [3.05, 3.63) is 64.7 Å². The molecule has 3 aliphatic rings. The molecule has 2 saturated heterocycles. The molecular weight excluding hydrogens is 481 g/mol. The summed E-state index contributed by atoms with van der Waals surface area (Å²) in [6.07, 6.45) is 6.23. The Hall–Kier alpha value is -3.00. The minimum atomic E-state index is -0.560. The van der Waals surface area contributed by atoms with Crippen LogP contribution in [0, 0.1) is 19.8 Å². The topological polar surface area (TPSA) is 68.8 Å². The number of hydrogen-bond acceptors (Lipinski definition) is 4. The monoisotopic (exact) mass is 521 g/mol. The number of aryl methyl sites for hydroxylation is 2. The average Bonchev–Trinajstić information content (AvgIpc) is 3.19. The van der Waals surface area contributed by atoms with E-state index < -0.39 is 5.95 Å². The van der Waals surface area contributed by atoms with E-state index in [1.165, 1.54) is 18.1 Å².